The number of hydrogen-bond acceptors (Lipinski definition) is 3. The molecule has 2 fully saturated rings. The summed E-state index contributed by atoms with van der Waals surface area (Å²) >= 11 is 0. The van der Waals surface area contributed by atoms with E-state index >= 15 is 0 Å². The maximum atomic E-state index is 5.88. The van der Waals surface area contributed by atoms with E-state index in [9.17, 15) is 0 Å². The molecule has 3 heteroatoms. The highest BCUT2D eigenvalue weighted by Crippen LogP contribution is 2.29. The molecule has 0 spiro atoms. The molecule has 0 aromatic rings. The van der Waals surface area contributed by atoms with Crippen molar-refractivity contribution in [2.45, 2.75) is 38.0 Å². The SMILES string of the molecule is NC1CCCC(C2OCCO2)C1. The van der Waals surface area contributed by atoms with E-state index in [4.69, 9.17) is 15.2 Å². The van der Waals surface area contributed by atoms with Crippen LogP contribution in [0.4, 0.5) is 0 Å². The normalized spacial score (nSPS) is 38.8. The zero-order valence-electron chi connectivity index (χ0n) is 7.37. The van der Waals surface area contributed by atoms with Crippen molar-refractivity contribution in [2.24, 2.45) is 11.7 Å². The molecule has 1 saturated carbocycles. The summed E-state index contributed by atoms with van der Waals surface area (Å²) in [4.78, 5) is 0. The third-order valence-electron chi connectivity index (χ3n) is 2.79. The van der Waals surface area contributed by atoms with E-state index in [-0.39, 0.29) is 6.29 Å². The van der Waals surface area contributed by atoms with Gasteiger partial charge in [0.2, 0.25) is 0 Å². The topological polar surface area (TPSA) is 44.5 Å². The van der Waals surface area contributed by atoms with Crippen molar-refractivity contribution in [1.29, 1.82) is 0 Å². The van der Waals surface area contributed by atoms with Gasteiger partial charge in [0.15, 0.2) is 6.29 Å². The van der Waals surface area contributed by atoms with Gasteiger partial charge >= 0.3 is 0 Å². The van der Waals surface area contributed by atoms with Crippen molar-refractivity contribution in [3.8, 4) is 0 Å². The van der Waals surface area contributed by atoms with E-state index in [1.165, 1.54) is 19.3 Å². The Morgan fingerprint density at radius 1 is 1.08 bits per heavy atom. The predicted molar refractivity (Wildman–Crippen MR) is 45.6 cm³/mol. The first-order valence-corrected chi connectivity index (χ1v) is 4.85. The standard InChI is InChI=1S/C9H17NO2/c10-8-3-1-2-7(6-8)9-11-4-5-12-9/h7-9H,1-6,10H2. The van der Waals surface area contributed by atoms with Crippen molar-refractivity contribution in [3.63, 3.8) is 0 Å². The van der Waals surface area contributed by atoms with E-state index in [1.54, 1.807) is 0 Å². The number of nitrogens with two attached hydrogens (primary N) is 1. The molecule has 0 aromatic heterocycles. The van der Waals surface area contributed by atoms with Crippen LogP contribution in [0.25, 0.3) is 0 Å². The third-order valence-corrected chi connectivity index (χ3v) is 2.79. The van der Waals surface area contributed by atoms with Gasteiger partial charge in [-0.3, -0.25) is 0 Å². The maximum absolute atomic E-state index is 5.88. The minimum Gasteiger partial charge on any atom is -0.350 e. The molecule has 2 N–H and O–H groups in total. The van der Waals surface area contributed by atoms with Gasteiger partial charge in [0.05, 0.1) is 13.2 Å². The van der Waals surface area contributed by atoms with E-state index < -0.39 is 0 Å². The number of hydrogen-bond donors (Lipinski definition) is 1. The molecule has 2 atom stereocenters. The molecule has 2 rings (SSSR count). The second-order valence-corrected chi connectivity index (χ2v) is 3.80. The van der Waals surface area contributed by atoms with Gasteiger partial charge in [-0.1, -0.05) is 6.42 Å². The molecule has 70 valence electrons. The van der Waals surface area contributed by atoms with Crippen LogP contribution in [0.5, 0.6) is 0 Å². The van der Waals surface area contributed by atoms with Gasteiger partial charge in [-0.15, -0.1) is 0 Å². The molecule has 0 radical (unpaired) electrons. The van der Waals surface area contributed by atoms with Crippen LogP contribution in [0, 0.1) is 5.92 Å². The largest absolute Gasteiger partial charge is 0.350 e. The maximum Gasteiger partial charge on any atom is 0.160 e. The van der Waals surface area contributed by atoms with Crippen molar-refractivity contribution < 1.29 is 9.47 Å². The lowest BCUT2D eigenvalue weighted by atomic mass is 9.86. The molecule has 0 aromatic carbocycles. The van der Waals surface area contributed by atoms with Crippen LogP contribution in [0.15, 0.2) is 0 Å². The minimum absolute atomic E-state index is 0.0522. The lowest BCUT2D eigenvalue weighted by Gasteiger charge is -2.29. The molecule has 1 aliphatic carbocycles. The zero-order valence-corrected chi connectivity index (χ0v) is 7.37. The molecule has 3 nitrogen and oxygen atoms in total. The molecular weight excluding hydrogens is 154 g/mol. The number of rotatable bonds is 1. The van der Waals surface area contributed by atoms with Gasteiger partial charge in [0.1, 0.15) is 0 Å². The van der Waals surface area contributed by atoms with Crippen LogP contribution < -0.4 is 5.73 Å². The molecule has 1 aliphatic heterocycles. The average molecular weight is 171 g/mol. The highest BCUT2D eigenvalue weighted by Gasteiger charge is 2.30. The van der Waals surface area contributed by atoms with Crippen molar-refractivity contribution >= 4 is 0 Å². The first-order valence-electron chi connectivity index (χ1n) is 4.85. The fraction of sp³-hybridized carbons (Fsp3) is 1.00. The van der Waals surface area contributed by atoms with E-state index in [1.807, 2.05) is 0 Å². The Kier molecular flexibility index (Phi) is 2.63. The molecule has 12 heavy (non-hydrogen) atoms. The van der Waals surface area contributed by atoms with Crippen LogP contribution in [0.2, 0.25) is 0 Å². The van der Waals surface area contributed by atoms with Crippen LogP contribution in [-0.2, 0) is 9.47 Å². The summed E-state index contributed by atoms with van der Waals surface area (Å²) in [5.74, 6) is 0.552. The fourth-order valence-electron chi connectivity index (χ4n) is 2.16. The first-order chi connectivity index (χ1) is 5.86. The second-order valence-electron chi connectivity index (χ2n) is 3.80. The Hall–Kier alpha value is -0.120. The van der Waals surface area contributed by atoms with Crippen LogP contribution in [0.1, 0.15) is 25.7 Å². The van der Waals surface area contributed by atoms with Crippen molar-refractivity contribution in [2.75, 3.05) is 13.2 Å². The Morgan fingerprint density at radius 2 is 1.83 bits per heavy atom. The summed E-state index contributed by atoms with van der Waals surface area (Å²) in [6.45, 7) is 1.52. The first kappa shape index (κ1) is 8.48. The predicted octanol–water partition coefficient (Wildman–Crippen LogP) is 0.877. The highest BCUT2D eigenvalue weighted by molar-refractivity contribution is 4.78. The van der Waals surface area contributed by atoms with Gasteiger partial charge < -0.3 is 15.2 Å². The van der Waals surface area contributed by atoms with Crippen LogP contribution in [0.3, 0.4) is 0 Å². The molecule has 1 heterocycles. The lowest BCUT2D eigenvalue weighted by Crippen LogP contribution is -2.34. The smallest absolute Gasteiger partial charge is 0.160 e. The van der Waals surface area contributed by atoms with Gasteiger partial charge in [-0.05, 0) is 19.3 Å². The summed E-state index contributed by atoms with van der Waals surface area (Å²) in [5, 5.41) is 0. The van der Waals surface area contributed by atoms with Gasteiger partial charge in [-0.25, -0.2) is 0 Å². The fourth-order valence-corrected chi connectivity index (χ4v) is 2.16. The summed E-state index contributed by atoms with van der Waals surface area (Å²) in [6.07, 6.45) is 4.75. The summed E-state index contributed by atoms with van der Waals surface area (Å²) in [6, 6.07) is 0.372. The molecule has 1 saturated heterocycles. The molecule has 0 amide bonds. The van der Waals surface area contributed by atoms with Crippen LogP contribution in [-0.4, -0.2) is 25.5 Å². The number of ether oxygens (including phenoxy) is 2. The Labute approximate surface area is 73.2 Å². The Balaban J connectivity index is 1.85. The average Bonchev–Trinajstić information content (AvgIpc) is 2.56. The quantitative estimate of drug-likeness (QED) is 0.637. The molecular formula is C9H17NO2. The Morgan fingerprint density at radius 3 is 2.50 bits per heavy atom. The van der Waals surface area contributed by atoms with E-state index in [2.05, 4.69) is 0 Å². The van der Waals surface area contributed by atoms with Crippen LogP contribution >= 0.6 is 0 Å². The van der Waals surface area contributed by atoms with E-state index in [0.717, 1.165) is 19.6 Å². The van der Waals surface area contributed by atoms with Gasteiger partial charge in [-0.2, -0.15) is 0 Å². The monoisotopic (exact) mass is 171 g/mol. The second kappa shape index (κ2) is 3.73. The van der Waals surface area contributed by atoms with Gasteiger partial charge in [0, 0.05) is 12.0 Å². The molecule has 2 unspecified atom stereocenters. The Bertz CT molecular complexity index is 145. The molecule has 2 aliphatic rings. The summed E-state index contributed by atoms with van der Waals surface area (Å²) < 4.78 is 10.9. The third kappa shape index (κ3) is 1.79. The summed E-state index contributed by atoms with van der Waals surface area (Å²) in [5.41, 5.74) is 5.88. The minimum atomic E-state index is 0.0522. The highest BCUT2D eigenvalue weighted by atomic mass is 16.7. The van der Waals surface area contributed by atoms with Crippen molar-refractivity contribution in [1.82, 2.24) is 0 Å². The molecule has 0 bridgehead atoms. The van der Waals surface area contributed by atoms with Crippen molar-refractivity contribution in [3.05, 3.63) is 0 Å². The summed E-state index contributed by atoms with van der Waals surface area (Å²) in [7, 11) is 0. The van der Waals surface area contributed by atoms with Gasteiger partial charge in [0.25, 0.3) is 0 Å². The lowest BCUT2D eigenvalue weighted by molar-refractivity contribution is -0.0936. The van der Waals surface area contributed by atoms with E-state index in [0.29, 0.717) is 12.0 Å². The zero-order chi connectivity index (χ0) is 8.39.